The molecule has 3 aromatic rings. The predicted octanol–water partition coefficient (Wildman–Crippen LogP) is 3.62. The maximum Gasteiger partial charge on any atom is 0.175 e. The quantitative estimate of drug-likeness (QED) is 0.429. The van der Waals surface area contributed by atoms with Crippen molar-refractivity contribution >= 4 is 44.0 Å². The molecule has 0 bridgehead atoms. The van der Waals surface area contributed by atoms with Crippen LogP contribution < -0.4 is 5.73 Å². The van der Waals surface area contributed by atoms with Crippen LogP contribution in [0.15, 0.2) is 35.7 Å². The molecule has 0 amide bonds. The Kier molecular flexibility index (Phi) is 3.48. The second-order valence-corrected chi connectivity index (χ2v) is 5.90. The summed E-state index contributed by atoms with van der Waals surface area (Å²) in [5, 5.41) is 12.7. The molecule has 0 radical (unpaired) electrons. The first-order valence-corrected chi connectivity index (χ1v) is 7.28. The van der Waals surface area contributed by atoms with Gasteiger partial charge in [-0.1, -0.05) is 28.9 Å². The number of thiazole rings is 1. The summed E-state index contributed by atoms with van der Waals surface area (Å²) in [6.45, 7) is 1.98. The molecule has 5 nitrogen and oxygen atoms in total. The molecular weight excluding hydrogens is 308 g/mol. The summed E-state index contributed by atoms with van der Waals surface area (Å²) in [5.74, 6) is 0. The maximum atomic E-state index is 8.79. The summed E-state index contributed by atoms with van der Waals surface area (Å²) < 4.78 is 0.928. The summed E-state index contributed by atoms with van der Waals surface area (Å²) in [5.41, 5.74) is 9.80. The zero-order chi connectivity index (χ0) is 15.0. The fourth-order valence-corrected chi connectivity index (χ4v) is 3.19. The molecule has 3 rings (SSSR count). The third kappa shape index (κ3) is 2.43. The lowest BCUT2D eigenvalue weighted by Gasteiger charge is -2.04. The summed E-state index contributed by atoms with van der Waals surface area (Å²) >= 11 is 7.37. The first-order chi connectivity index (χ1) is 10.1. The van der Waals surface area contributed by atoms with Gasteiger partial charge in [0.05, 0.1) is 16.6 Å². The van der Waals surface area contributed by atoms with E-state index in [1.54, 1.807) is 18.5 Å². The number of nitrogens with zero attached hydrogens (tertiary/aromatic N) is 3. The molecule has 106 valence electrons. The number of nitrogens with two attached hydrogens (primary N) is 1. The van der Waals surface area contributed by atoms with Gasteiger partial charge in [-0.2, -0.15) is 0 Å². The van der Waals surface area contributed by atoms with Crippen LogP contribution in [0.1, 0.15) is 11.1 Å². The number of anilines is 1. The molecule has 0 unspecified atom stereocenters. The Morgan fingerprint density at radius 1 is 1.38 bits per heavy atom. The highest BCUT2D eigenvalue weighted by Crippen LogP contribution is 2.34. The zero-order valence-electron chi connectivity index (χ0n) is 11.0. The van der Waals surface area contributed by atoms with Gasteiger partial charge in [0.2, 0.25) is 0 Å². The van der Waals surface area contributed by atoms with Crippen molar-refractivity contribution in [1.82, 2.24) is 9.97 Å². The Labute approximate surface area is 129 Å². The van der Waals surface area contributed by atoms with E-state index in [-0.39, 0.29) is 5.17 Å². The minimum absolute atomic E-state index is 0.0403. The minimum Gasteiger partial charge on any atom is -0.410 e. The molecule has 0 saturated heterocycles. The van der Waals surface area contributed by atoms with E-state index in [0.717, 1.165) is 26.4 Å². The molecule has 0 aliphatic heterocycles. The lowest BCUT2D eigenvalue weighted by molar-refractivity contribution is 0.321. The van der Waals surface area contributed by atoms with E-state index in [9.17, 15) is 0 Å². The van der Waals surface area contributed by atoms with Gasteiger partial charge in [0.1, 0.15) is 10.5 Å². The molecule has 0 aliphatic rings. The molecule has 7 heteroatoms. The van der Waals surface area contributed by atoms with Gasteiger partial charge in [0.15, 0.2) is 5.17 Å². The first-order valence-electron chi connectivity index (χ1n) is 6.09. The number of pyridine rings is 1. The standard InChI is InChI=1S/C14H11ClN4OS/c1-7-2-3-8(13(15)19-20)4-9(7)14-18-12-10(16)5-17-6-11(12)21-14/h2-6,20H,16H2,1H3. The molecule has 1 aromatic carbocycles. The van der Waals surface area contributed by atoms with E-state index in [1.165, 1.54) is 11.3 Å². The average Bonchev–Trinajstić information content (AvgIpc) is 2.92. The molecule has 0 saturated carbocycles. The van der Waals surface area contributed by atoms with Crippen LogP contribution in [0, 0.1) is 6.92 Å². The molecule has 0 fully saturated rings. The molecule has 2 heterocycles. The van der Waals surface area contributed by atoms with Crippen LogP contribution in [-0.2, 0) is 0 Å². The van der Waals surface area contributed by atoms with Gasteiger partial charge in [-0.05, 0) is 18.6 Å². The van der Waals surface area contributed by atoms with E-state index >= 15 is 0 Å². The van der Waals surface area contributed by atoms with Gasteiger partial charge in [0, 0.05) is 17.3 Å². The molecule has 0 atom stereocenters. The molecule has 2 aromatic heterocycles. The third-order valence-corrected chi connectivity index (χ3v) is 4.44. The second kappa shape index (κ2) is 5.31. The lowest BCUT2D eigenvalue weighted by Crippen LogP contribution is -1.93. The summed E-state index contributed by atoms with van der Waals surface area (Å²) in [6, 6.07) is 5.55. The maximum absolute atomic E-state index is 8.79. The third-order valence-electron chi connectivity index (χ3n) is 3.13. The monoisotopic (exact) mass is 318 g/mol. The summed E-state index contributed by atoms with van der Waals surface area (Å²) in [7, 11) is 0. The molecular formula is C14H11ClN4OS. The number of hydrogen-bond acceptors (Lipinski definition) is 6. The van der Waals surface area contributed by atoms with Crippen LogP contribution in [0.4, 0.5) is 5.69 Å². The number of oxime groups is 1. The largest absolute Gasteiger partial charge is 0.410 e. The van der Waals surface area contributed by atoms with Crippen molar-refractivity contribution in [3.05, 3.63) is 41.7 Å². The topological polar surface area (TPSA) is 84.4 Å². The number of aryl methyl sites for hydroxylation is 1. The fourth-order valence-electron chi connectivity index (χ4n) is 2.03. The smallest absolute Gasteiger partial charge is 0.175 e. The molecule has 21 heavy (non-hydrogen) atoms. The van der Waals surface area contributed by atoms with E-state index in [2.05, 4.69) is 15.1 Å². The number of fused-ring (bicyclic) bond motifs is 1. The predicted molar refractivity (Wildman–Crippen MR) is 86.2 cm³/mol. The highest BCUT2D eigenvalue weighted by molar-refractivity contribution is 7.21. The number of halogens is 1. The van der Waals surface area contributed by atoms with Crippen molar-refractivity contribution in [3.8, 4) is 10.6 Å². The molecule has 0 aliphatic carbocycles. The number of rotatable bonds is 2. The number of nitrogen functional groups attached to an aromatic ring is 1. The Morgan fingerprint density at radius 3 is 2.90 bits per heavy atom. The minimum atomic E-state index is 0.0403. The van der Waals surface area contributed by atoms with Gasteiger partial charge >= 0.3 is 0 Å². The Bertz CT molecular complexity index is 859. The Balaban J connectivity index is 2.20. The normalized spacial score (nSPS) is 12.0. The van der Waals surface area contributed by atoms with Gasteiger partial charge in [0.25, 0.3) is 0 Å². The SMILES string of the molecule is Cc1ccc(C(Cl)=NO)cc1-c1nc2c(N)cncc2s1. The number of benzene rings is 1. The van der Waals surface area contributed by atoms with Crippen LogP contribution in [0.25, 0.3) is 20.8 Å². The molecule has 3 N–H and O–H groups in total. The highest BCUT2D eigenvalue weighted by Gasteiger charge is 2.12. The van der Waals surface area contributed by atoms with Crippen molar-refractivity contribution in [2.24, 2.45) is 5.16 Å². The summed E-state index contributed by atoms with van der Waals surface area (Å²) in [6.07, 6.45) is 3.33. The van der Waals surface area contributed by atoms with Gasteiger partial charge in [-0.3, -0.25) is 4.98 Å². The van der Waals surface area contributed by atoms with Crippen LogP contribution in [0.3, 0.4) is 0 Å². The Morgan fingerprint density at radius 2 is 2.19 bits per heavy atom. The van der Waals surface area contributed by atoms with Crippen LogP contribution in [-0.4, -0.2) is 20.3 Å². The van der Waals surface area contributed by atoms with Crippen LogP contribution >= 0.6 is 22.9 Å². The van der Waals surface area contributed by atoms with Gasteiger partial charge < -0.3 is 10.9 Å². The Hall–Kier alpha value is -2.18. The fraction of sp³-hybridized carbons (Fsp3) is 0.0714. The van der Waals surface area contributed by atoms with Gasteiger partial charge in [-0.25, -0.2) is 4.98 Å². The summed E-state index contributed by atoms with van der Waals surface area (Å²) in [4.78, 5) is 8.65. The molecule has 0 spiro atoms. The highest BCUT2D eigenvalue weighted by atomic mass is 35.5. The number of hydrogen-bond donors (Lipinski definition) is 2. The van der Waals surface area contributed by atoms with Crippen molar-refractivity contribution in [3.63, 3.8) is 0 Å². The van der Waals surface area contributed by atoms with E-state index in [1.807, 2.05) is 19.1 Å². The van der Waals surface area contributed by atoms with Crippen LogP contribution in [0.2, 0.25) is 0 Å². The van der Waals surface area contributed by atoms with E-state index in [0.29, 0.717) is 11.3 Å². The van der Waals surface area contributed by atoms with E-state index in [4.69, 9.17) is 22.5 Å². The average molecular weight is 319 g/mol. The zero-order valence-corrected chi connectivity index (χ0v) is 12.6. The van der Waals surface area contributed by atoms with Crippen molar-refractivity contribution in [1.29, 1.82) is 0 Å². The van der Waals surface area contributed by atoms with Crippen LogP contribution in [0.5, 0.6) is 0 Å². The number of aromatic nitrogens is 2. The van der Waals surface area contributed by atoms with Gasteiger partial charge in [-0.15, -0.1) is 11.3 Å². The lowest BCUT2D eigenvalue weighted by atomic mass is 10.1. The van der Waals surface area contributed by atoms with Crippen molar-refractivity contribution in [2.75, 3.05) is 5.73 Å². The first kappa shape index (κ1) is 13.8. The van der Waals surface area contributed by atoms with E-state index < -0.39 is 0 Å². The van der Waals surface area contributed by atoms with Crippen molar-refractivity contribution < 1.29 is 5.21 Å². The van der Waals surface area contributed by atoms with Crippen molar-refractivity contribution in [2.45, 2.75) is 6.92 Å². The second-order valence-electron chi connectivity index (χ2n) is 4.51.